The number of oxazole rings is 1. The van der Waals surface area contributed by atoms with E-state index in [1.807, 2.05) is 52.8 Å². The Morgan fingerprint density at radius 2 is 1.78 bits per heavy atom. The van der Waals surface area contributed by atoms with Crippen LogP contribution in [0.25, 0.3) is 6.08 Å². The number of aromatic nitrogens is 1. The number of hydrogen-bond acceptors (Lipinski definition) is 7. The van der Waals surface area contributed by atoms with Crippen molar-refractivity contribution in [1.29, 1.82) is 0 Å². The van der Waals surface area contributed by atoms with Gasteiger partial charge in [-0.1, -0.05) is 72.3 Å². The molecule has 1 aromatic heterocycles. The van der Waals surface area contributed by atoms with Crippen LogP contribution in [0.1, 0.15) is 93.2 Å². The summed E-state index contributed by atoms with van der Waals surface area (Å²) in [6, 6.07) is 2.68. The Bertz CT molecular complexity index is 1100. The molecule has 0 radical (unpaired) electrons. The van der Waals surface area contributed by atoms with Crippen LogP contribution in [0, 0.1) is 24.2 Å². The van der Waals surface area contributed by atoms with Gasteiger partial charge in [0.1, 0.15) is 23.8 Å². The van der Waals surface area contributed by atoms with Crippen molar-refractivity contribution in [3.63, 3.8) is 0 Å². The van der Waals surface area contributed by atoms with Crippen LogP contribution in [-0.2, 0) is 18.8 Å². The van der Waals surface area contributed by atoms with E-state index in [1.54, 1.807) is 20.1 Å². The quantitative estimate of drug-likeness (QED) is 0.259. The molecule has 0 spiro atoms. The van der Waals surface area contributed by atoms with Gasteiger partial charge in [-0.25, -0.2) is 4.98 Å². The minimum Gasteiger partial charge on any atom is -0.457 e. The van der Waals surface area contributed by atoms with E-state index in [2.05, 4.69) is 31.8 Å². The maximum Gasteiger partial charge on any atom is 0.309 e. The first-order valence-electron chi connectivity index (χ1n) is 15.2. The summed E-state index contributed by atoms with van der Waals surface area (Å²) in [5.74, 6) is -0.653. The largest absolute Gasteiger partial charge is 0.457 e. The monoisotopic (exact) mass is 587 g/mol. The first-order chi connectivity index (χ1) is 19.2. The number of esters is 1. The fraction of sp³-hybridized carbons (Fsp3) is 0.667. The van der Waals surface area contributed by atoms with Crippen LogP contribution in [0.3, 0.4) is 0 Å². The number of nitrogens with zero attached hydrogens (tertiary/aromatic N) is 1. The Balaban J connectivity index is 2.56. The summed E-state index contributed by atoms with van der Waals surface area (Å²) < 4.78 is 18.4. The predicted molar refractivity (Wildman–Crippen MR) is 167 cm³/mol. The third-order valence-electron chi connectivity index (χ3n) is 8.96. The molecule has 8 heteroatoms. The summed E-state index contributed by atoms with van der Waals surface area (Å²) in [5.41, 5.74) is 1.54. The smallest absolute Gasteiger partial charge is 0.309 e. The lowest BCUT2D eigenvalue weighted by Gasteiger charge is -2.42. The molecular weight excluding hydrogens is 534 g/mol. The Kier molecular flexibility index (Phi) is 13.0. The lowest BCUT2D eigenvalue weighted by Crippen LogP contribution is -2.51. The number of aliphatic hydroxyl groups is 1. The van der Waals surface area contributed by atoms with Crippen LogP contribution in [0.5, 0.6) is 0 Å². The predicted octanol–water partition coefficient (Wildman–Crippen LogP) is 7.60. The highest BCUT2D eigenvalue weighted by Crippen LogP contribution is 2.37. The van der Waals surface area contributed by atoms with E-state index in [1.165, 1.54) is 0 Å². The van der Waals surface area contributed by atoms with E-state index in [4.69, 9.17) is 13.6 Å². The minimum absolute atomic E-state index is 0.0404. The average molecular weight is 588 g/mol. The van der Waals surface area contributed by atoms with Gasteiger partial charge in [0.05, 0.1) is 18.6 Å². The zero-order valence-electron chi connectivity index (χ0n) is 27.0. The molecule has 230 valence electrons. The van der Waals surface area contributed by atoms with Crippen LogP contribution in [-0.4, -0.2) is 48.5 Å². The number of allylic oxidation sites excluding steroid dienone is 3. The van der Waals surface area contributed by atoms with Crippen molar-refractivity contribution in [2.24, 2.45) is 17.3 Å². The number of hydrogen-bond donors (Lipinski definition) is 1. The number of aliphatic hydroxyl groups excluding tert-OH is 1. The first-order valence-corrected chi connectivity index (χ1v) is 17.8. The van der Waals surface area contributed by atoms with Gasteiger partial charge in [0.25, 0.3) is 0 Å². The van der Waals surface area contributed by atoms with Crippen LogP contribution in [0.2, 0.25) is 18.1 Å². The van der Waals surface area contributed by atoms with Crippen LogP contribution < -0.4 is 0 Å². The number of carbonyl (C=O) groups excluding carboxylic acids is 2. The molecule has 41 heavy (non-hydrogen) atoms. The Morgan fingerprint density at radius 3 is 2.34 bits per heavy atom. The average Bonchev–Trinajstić information content (AvgIpc) is 3.35. The number of aryl methyl sites for hydroxylation is 1. The van der Waals surface area contributed by atoms with Gasteiger partial charge >= 0.3 is 5.97 Å². The Labute approximate surface area is 248 Å². The van der Waals surface area contributed by atoms with Crippen molar-refractivity contribution in [3.8, 4) is 0 Å². The van der Waals surface area contributed by atoms with E-state index in [0.717, 1.165) is 29.3 Å². The fourth-order valence-electron chi connectivity index (χ4n) is 5.57. The van der Waals surface area contributed by atoms with Gasteiger partial charge in [0.2, 0.25) is 0 Å². The van der Waals surface area contributed by atoms with Gasteiger partial charge in [-0.3, -0.25) is 9.59 Å². The van der Waals surface area contributed by atoms with Crippen LogP contribution >= 0.6 is 0 Å². The molecule has 0 amide bonds. The molecule has 0 saturated carbocycles. The highest BCUT2D eigenvalue weighted by molar-refractivity contribution is 6.73. The van der Waals surface area contributed by atoms with E-state index in [-0.39, 0.29) is 18.1 Å². The van der Waals surface area contributed by atoms with Crippen molar-refractivity contribution in [2.45, 2.75) is 125 Å². The second-order valence-electron chi connectivity index (χ2n) is 12.4. The number of ether oxygens (including phenoxy) is 1. The lowest BCUT2D eigenvalue weighted by molar-refractivity contribution is -0.153. The van der Waals surface area contributed by atoms with E-state index in [9.17, 15) is 14.7 Å². The number of ketones is 1. The molecule has 0 fully saturated rings. The molecule has 0 aliphatic carbocycles. The fourth-order valence-corrected chi connectivity index (χ4v) is 8.55. The van der Waals surface area contributed by atoms with Crippen molar-refractivity contribution in [3.05, 3.63) is 47.2 Å². The molecule has 2 heterocycles. The van der Waals surface area contributed by atoms with Gasteiger partial charge in [-0.05, 0) is 56.0 Å². The minimum atomic E-state index is -2.20. The zero-order chi connectivity index (χ0) is 31.0. The SMILES string of the molecule is CC[Si](CC)(CC)O[C@H]1CC(=O)OC(/C(C)=C/c2coc(C)n2)C/C=C(C)\C=C\C[C@H](C)[C@H](O)[C@@H](C)C(=O)C1(C)C. The molecule has 7 nitrogen and oxygen atoms in total. The molecule has 1 N–H and O–H groups in total. The van der Waals surface area contributed by atoms with Gasteiger partial charge < -0.3 is 18.7 Å². The topological polar surface area (TPSA) is 98.9 Å². The molecule has 0 bridgehead atoms. The number of cyclic esters (lactones) is 1. The van der Waals surface area contributed by atoms with Crippen molar-refractivity contribution in [2.75, 3.05) is 0 Å². The maximum absolute atomic E-state index is 14.0. The molecule has 1 unspecified atom stereocenters. The highest BCUT2D eigenvalue weighted by Gasteiger charge is 2.46. The third-order valence-corrected chi connectivity index (χ3v) is 13.6. The second-order valence-corrected chi connectivity index (χ2v) is 17.1. The van der Waals surface area contributed by atoms with Crippen molar-refractivity contribution in [1.82, 2.24) is 4.98 Å². The molecule has 0 saturated heterocycles. The van der Waals surface area contributed by atoms with Crippen LogP contribution in [0.4, 0.5) is 0 Å². The summed E-state index contributed by atoms with van der Waals surface area (Å²) in [7, 11) is -2.20. The summed E-state index contributed by atoms with van der Waals surface area (Å²) in [4.78, 5) is 32.0. The Morgan fingerprint density at radius 1 is 1.15 bits per heavy atom. The summed E-state index contributed by atoms with van der Waals surface area (Å²) in [6.45, 7) is 19.6. The standard InChI is InChI=1S/C33H53NO6Si/c1-11-41(12-2,13-3)40-29-20-30(35)39-28(24(6)19-27-21-38-26(8)34-27)18-17-22(4)15-14-16-23(5)31(36)25(7)32(37)33(29,9)10/h14-15,17,19,21,23,25,28-29,31,36H,11-13,16,18,20H2,1-10H3/b15-14+,22-17-,24-19+/t23-,25+,28?,29-,31-/m0/s1. The molecule has 0 aromatic carbocycles. The van der Waals surface area contributed by atoms with E-state index >= 15 is 0 Å². The van der Waals surface area contributed by atoms with Crippen molar-refractivity contribution >= 4 is 26.1 Å². The number of rotatable bonds is 7. The summed E-state index contributed by atoms with van der Waals surface area (Å²) >= 11 is 0. The van der Waals surface area contributed by atoms with Gasteiger partial charge in [0.15, 0.2) is 14.2 Å². The van der Waals surface area contributed by atoms with Gasteiger partial charge in [-0.15, -0.1) is 0 Å². The molecule has 2 rings (SSSR count). The normalized spacial score (nSPS) is 29.5. The van der Waals surface area contributed by atoms with E-state index in [0.29, 0.717) is 24.4 Å². The molecule has 1 aromatic rings. The summed E-state index contributed by atoms with van der Waals surface area (Å²) in [5, 5.41) is 11.1. The number of carbonyl (C=O) groups is 2. The maximum atomic E-state index is 14.0. The summed E-state index contributed by atoms with van der Waals surface area (Å²) in [6.07, 6.45) is 8.67. The Hall–Kier alpha value is -2.29. The van der Waals surface area contributed by atoms with Gasteiger partial charge in [-0.2, -0.15) is 0 Å². The van der Waals surface area contributed by atoms with E-state index < -0.39 is 43.9 Å². The number of Topliss-reactive ketones (excluding diaryl/α,β-unsaturated/α-hetero) is 1. The molecule has 5 atom stereocenters. The molecule has 1 aliphatic rings. The zero-order valence-corrected chi connectivity index (χ0v) is 28.0. The molecular formula is C33H53NO6Si. The first kappa shape index (κ1) is 34.9. The van der Waals surface area contributed by atoms with Gasteiger partial charge in [0, 0.05) is 24.7 Å². The second kappa shape index (κ2) is 15.3. The molecule has 1 aliphatic heterocycles. The highest BCUT2D eigenvalue weighted by atomic mass is 28.4. The third kappa shape index (κ3) is 9.35. The van der Waals surface area contributed by atoms with Crippen molar-refractivity contribution < 1.29 is 28.3 Å². The lowest BCUT2D eigenvalue weighted by atomic mass is 9.73. The van der Waals surface area contributed by atoms with Crippen LogP contribution in [0.15, 0.2) is 40.1 Å².